The van der Waals surface area contributed by atoms with E-state index in [-0.39, 0.29) is 0 Å². The standard InChI is InChI=1S/C17H24BrN3/c1-4-9-19-17(8-6-14-11-20-21(3)12-14)15-7-5-13(2)16(18)10-15/h5,7,10-12,17,19H,4,6,8-9H2,1-3H3. The molecule has 1 aromatic heterocycles. The smallest absolute Gasteiger partial charge is 0.0521 e. The summed E-state index contributed by atoms with van der Waals surface area (Å²) < 4.78 is 3.05. The highest BCUT2D eigenvalue weighted by atomic mass is 79.9. The molecular weight excluding hydrogens is 326 g/mol. The Labute approximate surface area is 135 Å². The number of nitrogens with zero attached hydrogens (tertiary/aromatic N) is 2. The molecule has 1 aromatic carbocycles. The summed E-state index contributed by atoms with van der Waals surface area (Å²) in [5.74, 6) is 0. The van der Waals surface area contributed by atoms with Crippen molar-refractivity contribution in [2.75, 3.05) is 6.54 Å². The Hall–Kier alpha value is -1.13. The molecule has 1 N–H and O–H groups in total. The average Bonchev–Trinajstić information content (AvgIpc) is 2.88. The van der Waals surface area contributed by atoms with Gasteiger partial charge in [-0.05, 0) is 55.5 Å². The lowest BCUT2D eigenvalue weighted by Gasteiger charge is -2.19. The van der Waals surface area contributed by atoms with E-state index >= 15 is 0 Å². The molecule has 0 amide bonds. The van der Waals surface area contributed by atoms with Gasteiger partial charge in [0.05, 0.1) is 6.20 Å². The zero-order valence-corrected chi connectivity index (χ0v) is 14.7. The second kappa shape index (κ2) is 7.76. The maximum atomic E-state index is 4.24. The Kier molecular flexibility index (Phi) is 6.00. The van der Waals surface area contributed by atoms with E-state index in [9.17, 15) is 0 Å². The van der Waals surface area contributed by atoms with Gasteiger partial charge in [0.2, 0.25) is 0 Å². The minimum Gasteiger partial charge on any atom is -0.310 e. The lowest BCUT2D eigenvalue weighted by molar-refractivity contribution is 0.499. The number of rotatable bonds is 7. The van der Waals surface area contributed by atoms with Crippen LogP contribution in [0, 0.1) is 6.92 Å². The van der Waals surface area contributed by atoms with Crippen LogP contribution in [-0.4, -0.2) is 16.3 Å². The first-order valence-corrected chi connectivity index (χ1v) is 8.36. The van der Waals surface area contributed by atoms with Gasteiger partial charge in [-0.3, -0.25) is 4.68 Å². The molecule has 0 saturated carbocycles. The third kappa shape index (κ3) is 4.68. The summed E-state index contributed by atoms with van der Waals surface area (Å²) in [7, 11) is 1.97. The minimum atomic E-state index is 0.391. The molecule has 0 fully saturated rings. The van der Waals surface area contributed by atoms with Gasteiger partial charge in [0, 0.05) is 23.8 Å². The molecule has 114 valence electrons. The maximum Gasteiger partial charge on any atom is 0.0521 e. The zero-order chi connectivity index (χ0) is 15.2. The van der Waals surface area contributed by atoms with E-state index < -0.39 is 0 Å². The Morgan fingerprint density at radius 1 is 1.38 bits per heavy atom. The van der Waals surface area contributed by atoms with E-state index in [0.717, 1.165) is 25.8 Å². The maximum absolute atomic E-state index is 4.24. The Morgan fingerprint density at radius 2 is 2.19 bits per heavy atom. The molecule has 0 radical (unpaired) electrons. The highest BCUT2D eigenvalue weighted by Gasteiger charge is 2.12. The summed E-state index contributed by atoms with van der Waals surface area (Å²) in [5, 5.41) is 7.91. The van der Waals surface area contributed by atoms with E-state index in [4.69, 9.17) is 0 Å². The largest absolute Gasteiger partial charge is 0.310 e. The molecule has 3 nitrogen and oxygen atoms in total. The van der Waals surface area contributed by atoms with Gasteiger partial charge in [-0.25, -0.2) is 0 Å². The monoisotopic (exact) mass is 349 g/mol. The van der Waals surface area contributed by atoms with Gasteiger partial charge >= 0.3 is 0 Å². The van der Waals surface area contributed by atoms with Gasteiger partial charge in [0.25, 0.3) is 0 Å². The Balaban J connectivity index is 2.07. The normalized spacial score (nSPS) is 12.6. The van der Waals surface area contributed by atoms with Gasteiger partial charge in [0.15, 0.2) is 0 Å². The van der Waals surface area contributed by atoms with Crippen molar-refractivity contribution in [1.82, 2.24) is 15.1 Å². The summed E-state index contributed by atoms with van der Waals surface area (Å²) in [6.07, 6.45) is 7.34. The Morgan fingerprint density at radius 3 is 2.81 bits per heavy atom. The third-order valence-corrected chi connectivity index (χ3v) is 4.57. The molecule has 4 heteroatoms. The van der Waals surface area contributed by atoms with Crippen molar-refractivity contribution >= 4 is 15.9 Å². The summed E-state index contributed by atoms with van der Waals surface area (Å²) in [4.78, 5) is 0. The lowest BCUT2D eigenvalue weighted by Crippen LogP contribution is -2.22. The van der Waals surface area contributed by atoms with E-state index in [1.165, 1.54) is 21.2 Å². The average molecular weight is 350 g/mol. The van der Waals surface area contributed by atoms with Crippen molar-refractivity contribution in [3.63, 3.8) is 0 Å². The molecule has 21 heavy (non-hydrogen) atoms. The SMILES string of the molecule is CCCNC(CCc1cnn(C)c1)c1ccc(C)c(Br)c1. The Bertz CT molecular complexity index is 577. The second-order valence-electron chi connectivity index (χ2n) is 5.58. The number of hydrogen-bond donors (Lipinski definition) is 1. The first kappa shape index (κ1) is 16.2. The second-order valence-corrected chi connectivity index (χ2v) is 6.43. The minimum absolute atomic E-state index is 0.391. The lowest BCUT2D eigenvalue weighted by atomic mass is 9.99. The molecular formula is C17H24BrN3. The first-order valence-electron chi connectivity index (χ1n) is 7.57. The van der Waals surface area contributed by atoms with Crippen LogP contribution in [0.1, 0.15) is 42.5 Å². The summed E-state index contributed by atoms with van der Waals surface area (Å²) in [6, 6.07) is 7.05. The summed E-state index contributed by atoms with van der Waals surface area (Å²) >= 11 is 3.64. The molecule has 1 atom stereocenters. The molecule has 0 aliphatic heterocycles. The molecule has 0 saturated heterocycles. The molecule has 0 aliphatic rings. The van der Waals surface area contributed by atoms with Crippen LogP contribution in [-0.2, 0) is 13.5 Å². The first-order chi connectivity index (χ1) is 10.1. The van der Waals surface area contributed by atoms with Crippen LogP contribution in [0.15, 0.2) is 35.1 Å². The van der Waals surface area contributed by atoms with Crippen LogP contribution in [0.3, 0.4) is 0 Å². The van der Waals surface area contributed by atoms with E-state index in [1.54, 1.807) is 0 Å². The zero-order valence-electron chi connectivity index (χ0n) is 13.1. The third-order valence-electron chi connectivity index (χ3n) is 3.72. The van der Waals surface area contributed by atoms with Crippen LogP contribution in [0.4, 0.5) is 0 Å². The number of nitrogens with one attached hydrogen (secondary N) is 1. The number of aryl methyl sites for hydroxylation is 3. The predicted molar refractivity (Wildman–Crippen MR) is 91.4 cm³/mol. The number of hydrogen-bond acceptors (Lipinski definition) is 2. The van der Waals surface area contributed by atoms with Crippen molar-refractivity contribution in [3.8, 4) is 0 Å². The van der Waals surface area contributed by atoms with Crippen LogP contribution in [0.25, 0.3) is 0 Å². The van der Waals surface area contributed by atoms with Crippen LogP contribution in [0.2, 0.25) is 0 Å². The highest BCUT2D eigenvalue weighted by Crippen LogP contribution is 2.25. The molecule has 0 aliphatic carbocycles. The fraction of sp³-hybridized carbons (Fsp3) is 0.471. The van der Waals surface area contributed by atoms with Gasteiger partial charge in [-0.1, -0.05) is 35.0 Å². The van der Waals surface area contributed by atoms with E-state index in [2.05, 4.69) is 64.6 Å². The van der Waals surface area contributed by atoms with Gasteiger partial charge in [-0.15, -0.1) is 0 Å². The van der Waals surface area contributed by atoms with E-state index in [1.807, 2.05) is 17.9 Å². The van der Waals surface area contributed by atoms with Gasteiger partial charge in [-0.2, -0.15) is 5.10 Å². The molecule has 0 spiro atoms. The fourth-order valence-corrected chi connectivity index (χ4v) is 2.84. The molecule has 2 rings (SSSR count). The van der Waals surface area contributed by atoms with Crippen LogP contribution >= 0.6 is 15.9 Å². The number of aromatic nitrogens is 2. The number of benzene rings is 1. The summed E-state index contributed by atoms with van der Waals surface area (Å²) in [5.41, 5.74) is 3.93. The van der Waals surface area contributed by atoms with Crippen molar-refractivity contribution in [3.05, 3.63) is 51.8 Å². The highest BCUT2D eigenvalue weighted by molar-refractivity contribution is 9.10. The topological polar surface area (TPSA) is 29.9 Å². The van der Waals surface area contributed by atoms with E-state index in [0.29, 0.717) is 6.04 Å². The molecule has 1 unspecified atom stereocenters. The summed E-state index contributed by atoms with van der Waals surface area (Å²) in [6.45, 7) is 5.37. The van der Waals surface area contributed by atoms with Gasteiger partial charge < -0.3 is 5.32 Å². The van der Waals surface area contributed by atoms with Crippen molar-refractivity contribution in [2.24, 2.45) is 7.05 Å². The van der Waals surface area contributed by atoms with Crippen LogP contribution in [0.5, 0.6) is 0 Å². The van der Waals surface area contributed by atoms with Crippen molar-refractivity contribution in [1.29, 1.82) is 0 Å². The number of halogens is 1. The van der Waals surface area contributed by atoms with Crippen molar-refractivity contribution in [2.45, 2.75) is 39.2 Å². The quantitative estimate of drug-likeness (QED) is 0.812. The molecule has 2 aromatic rings. The molecule has 0 bridgehead atoms. The predicted octanol–water partition coefficient (Wildman–Crippen LogP) is 4.16. The van der Waals surface area contributed by atoms with Gasteiger partial charge in [0.1, 0.15) is 0 Å². The van der Waals surface area contributed by atoms with Crippen molar-refractivity contribution < 1.29 is 0 Å². The van der Waals surface area contributed by atoms with Crippen LogP contribution < -0.4 is 5.32 Å². The molecule has 1 heterocycles. The fourth-order valence-electron chi connectivity index (χ4n) is 2.44.